The lowest BCUT2D eigenvalue weighted by atomic mass is 10.0. The van der Waals surface area contributed by atoms with Crippen molar-refractivity contribution in [3.05, 3.63) is 162 Å². The molecule has 7 heteroatoms. The Morgan fingerprint density at radius 3 is 2.04 bits per heavy atom. The minimum Gasteiger partial charge on any atom is -0.508 e. The van der Waals surface area contributed by atoms with Gasteiger partial charge in [0.15, 0.2) is 5.84 Å². The smallest absolute Gasteiger partial charge is 0.333 e. The number of hydrogen-bond donors (Lipinski definition) is 2. The van der Waals surface area contributed by atoms with E-state index in [1.54, 1.807) is 13.0 Å². The van der Waals surface area contributed by atoms with Crippen molar-refractivity contribution < 1.29 is 19.4 Å². The fourth-order valence-corrected chi connectivity index (χ4v) is 6.00. The normalized spacial score (nSPS) is 12.1. The van der Waals surface area contributed by atoms with Crippen LogP contribution in [0.15, 0.2) is 150 Å². The Kier molecular flexibility index (Phi) is 15.4. The average molecular weight is 734 g/mol. The van der Waals surface area contributed by atoms with Crippen molar-refractivity contribution in [2.45, 2.75) is 52.5 Å². The number of ketones is 1. The molecule has 0 radical (unpaired) electrons. The summed E-state index contributed by atoms with van der Waals surface area (Å²) in [5.41, 5.74) is 8.20. The highest BCUT2D eigenvalue weighted by Gasteiger charge is 2.11. The molecule has 5 aromatic carbocycles. The van der Waals surface area contributed by atoms with Crippen LogP contribution in [0.3, 0.4) is 0 Å². The van der Waals surface area contributed by atoms with Crippen LogP contribution in [0.5, 0.6) is 5.75 Å². The quantitative estimate of drug-likeness (QED) is 0.0289. The molecule has 0 aliphatic carbocycles. The third kappa shape index (κ3) is 13.2. The molecule has 0 aromatic heterocycles. The fourth-order valence-electron chi connectivity index (χ4n) is 6.00. The molecule has 0 saturated carbocycles. The molecule has 0 aliphatic heterocycles. The molecule has 0 bridgehead atoms. The molecule has 1 unspecified atom stereocenters. The van der Waals surface area contributed by atoms with Gasteiger partial charge in [-0.3, -0.25) is 9.79 Å². The van der Waals surface area contributed by atoms with Crippen LogP contribution in [0.2, 0.25) is 0 Å². The summed E-state index contributed by atoms with van der Waals surface area (Å²) in [7, 11) is 0. The van der Waals surface area contributed by atoms with E-state index in [9.17, 15) is 14.7 Å². The first-order valence-electron chi connectivity index (χ1n) is 19.0. The van der Waals surface area contributed by atoms with E-state index in [-0.39, 0.29) is 36.4 Å². The van der Waals surface area contributed by atoms with Gasteiger partial charge < -0.3 is 15.2 Å². The number of phenols is 1. The molecule has 1 atom stereocenters. The van der Waals surface area contributed by atoms with Gasteiger partial charge in [0.25, 0.3) is 0 Å². The molecule has 7 nitrogen and oxygen atoms in total. The van der Waals surface area contributed by atoms with Crippen LogP contribution in [-0.2, 0) is 27.3 Å². The van der Waals surface area contributed by atoms with Crippen LogP contribution in [-0.4, -0.2) is 48.6 Å². The highest BCUT2D eigenvalue weighted by molar-refractivity contribution is 6.05. The van der Waals surface area contributed by atoms with Gasteiger partial charge in [0.1, 0.15) is 11.5 Å². The first kappa shape index (κ1) is 40.3. The summed E-state index contributed by atoms with van der Waals surface area (Å²) in [4.78, 5) is 34.0. The predicted octanol–water partition coefficient (Wildman–Crippen LogP) is 9.81. The summed E-state index contributed by atoms with van der Waals surface area (Å²) in [6, 6.07) is 42.3. The molecule has 0 aliphatic rings. The molecule has 282 valence electrons. The predicted molar refractivity (Wildman–Crippen MR) is 225 cm³/mol. The van der Waals surface area contributed by atoms with Gasteiger partial charge in [-0.2, -0.15) is 0 Å². The molecule has 0 amide bonds. The van der Waals surface area contributed by atoms with Crippen LogP contribution in [0, 0.1) is 5.92 Å². The van der Waals surface area contributed by atoms with Gasteiger partial charge in [-0.05, 0) is 65.8 Å². The van der Waals surface area contributed by atoms with E-state index in [1.165, 1.54) is 0 Å². The second-order valence-corrected chi connectivity index (χ2v) is 14.0. The summed E-state index contributed by atoms with van der Waals surface area (Å²) in [5, 5.41) is 14.3. The van der Waals surface area contributed by atoms with E-state index in [0.717, 1.165) is 71.3 Å². The van der Waals surface area contributed by atoms with Gasteiger partial charge in [0.05, 0.1) is 13.2 Å². The van der Waals surface area contributed by atoms with Crippen molar-refractivity contribution in [3.63, 3.8) is 0 Å². The number of aromatic hydroxyl groups is 1. The largest absolute Gasteiger partial charge is 0.508 e. The molecule has 0 fully saturated rings. The van der Waals surface area contributed by atoms with E-state index in [0.29, 0.717) is 30.0 Å². The molecule has 0 spiro atoms. The number of Topliss-reactive ketones (excluding diaryl/α,β-unsaturated/α-hetero) is 1. The maximum absolute atomic E-state index is 12.7. The number of carbonyl (C=O) groups excluding carboxylic acids is 2. The number of esters is 1. The number of nitrogens with zero attached hydrogens (tertiary/aromatic N) is 2. The Bertz CT molecular complexity index is 2050. The zero-order chi connectivity index (χ0) is 38.8. The SMILES string of the molecule is C=C(C)C(=O)OCC(C)CNCCCCCC(=O)Cc1ccc(CN=C(N=Cc2ccc(-c3ccccc3)cc2)c2ccc(-c3ccccc3)cc2)c(O)c1. The number of unbranched alkanes of at least 4 members (excludes halogenated alkanes) is 2. The van der Waals surface area contributed by atoms with Crippen LogP contribution < -0.4 is 5.32 Å². The molecular formula is C48H51N3O4. The molecule has 0 saturated heterocycles. The minimum atomic E-state index is -0.355. The average Bonchev–Trinajstić information content (AvgIpc) is 3.21. The number of phenolic OH excluding ortho intramolecular Hbond substituents is 1. The number of carbonyl (C=O) groups is 2. The van der Waals surface area contributed by atoms with Crippen molar-refractivity contribution >= 4 is 23.8 Å². The van der Waals surface area contributed by atoms with Gasteiger partial charge in [0.2, 0.25) is 0 Å². The van der Waals surface area contributed by atoms with E-state index in [4.69, 9.17) is 14.7 Å². The number of benzene rings is 5. The molecule has 55 heavy (non-hydrogen) atoms. The third-order valence-electron chi connectivity index (χ3n) is 9.20. The maximum atomic E-state index is 12.7. The van der Waals surface area contributed by atoms with Crippen LogP contribution in [0.25, 0.3) is 22.3 Å². The van der Waals surface area contributed by atoms with E-state index in [2.05, 4.69) is 60.4 Å². The third-order valence-corrected chi connectivity index (χ3v) is 9.20. The highest BCUT2D eigenvalue weighted by Crippen LogP contribution is 2.24. The Balaban J connectivity index is 1.15. The van der Waals surface area contributed by atoms with Crippen LogP contribution >= 0.6 is 0 Å². The second-order valence-electron chi connectivity index (χ2n) is 14.0. The number of nitrogens with one attached hydrogen (secondary N) is 1. The van der Waals surface area contributed by atoms with Gasteiger partial charge in [-0.15, -0.1) is 0 Å². The number of aliphatic imine (C=N–C) groups is 2. The summed E-state index contributed by atoms with van der Waals surface area (Å²) in [6.45, 7) is 9.46. The summed E-state index contributed by atoms with van der Waals surface area (Å²) in [5.74, 6) is 0.675. The van der Waals surface area contributed by atoms with Crippen molar-refractivity contribution in [2.24, 2.45) is 15.9 Å². The Labute approximate surface area is 325 Å². The molecule has 0 heterocycles. The van der Waals surface area contributed by atoms with Crippen molar-refractivity contribution in [3.8, 4) is 28.0 Å². The fraction of sp³-hybridized carbons (Fsp3) is 0.250. The molecule has 5 aromatic rings. The lowest BCUT2D eigenvalue weighted by molar-refractivity contribution is -0.140. The summed E-state index contributed by atoms with van der Waals surface area (Å²) >= 11 is 0. The van der Waals surface area contributed by atoms with E-state index >= 15 is 0 Å². The topological polar surface area (TPSA) is 100 Å². The monoisotopic (exact) mass is 733 g/mol. The van der Waals surface area contributed by atoms with Gasteiger partial charge in [-0.1, -0.05) is 141 Å². The van der Waals surface area contributed by atoms with Crippen molar-refractivity contribution in [1.82, 2.24) is 5.32 Å². The first-order valence-corrected chi connectivity index (χ1v) is 19.0. The van der Waals surface area contributed by atoms with E-state index < -0.39 is 0 Å². The zero-order valence-corrected chi connectivity index (χ0v) is 31.9. The van der Waals surface area contributed by atoms with E-state index in [1.807, 2.05) is 85.9 Å². The van der Waals surface area contributed by atoms with Gasteiger partial charge in [-0.25, -0.2) is 9.79 Å². The second kappa shape index (κ2) is 21.1. The first-order chi connectivity index (χ1) is 26.7. The lowest BCUT2D eigenvalue weighted by Crippen LogP contribution is -2.26. The van der Waals surface area contributed by atoms with Crippen molar-refractivity contribution in [2.75, 3.05) is 19.7 Å². The highest BCUT2D eigenvalue weighted by atomic mass is 16.5. The number of rotatable bonds is 19. The summed E-state index contributed by atoms with van der Waals surface area (Å²) < 4.78 is 5.20. The summed E-state index contributed by atoms with van der Waals surface area (Å²) in [6.07, 6.45) is 5.32. The Morgan fingerprint density at radius 2 is 1.42 bits per heavy atom. The number of ether oxygens (including phenoxy) is 1. The van der Waals surface area contributed by atoms with Gasteiger partial charge >= 0.3 is 5.97 Å². The van der Waals surface area contributed by atoms with Crippen molar-refractivity contribution in [1.29, 1.82) is 0 Å². The van der Waals surface area contributed by atoms with Crippen LogP contribution in [0.4, 0.5) is 0 Å². The van der Waals surface area contributed by atoms with Crippen LogP contribution in [0.1, 0.15) is 61.8 Å². The standard InChI is InChI=1S/C48H51N3O4/c1-35(2)48(54)55-34-36(3)31-49-28-12-6-11-17-45(52)29-38-20-23-44(46(53)30-38)33-51-47(43-26-24-42(25-27-43)40-15-9-5-10-16-40)50-32-37-18-21-41(22-19-37)39-13-7-4-8-14-39/h4-5,7-10,13-16,18-27,30,32,36,49,53H,1,6,11-12,17,28-29,31,33-34H2,2-3H3. The van der Waals surface area contributed by atoms with Gasteiger partial charge in [0, 0.05) is 48.2 Å². The molecule has 2 N–H and O–H groups in total. The Hall–Kier alpha value is -5.92. The number of amidine groups is 1. The molecular weight excluding hydrogens is 683 g/mol. The number of hydrogen-bond acceptors (Lipinski definition) is 6. The minimum absolute atomic E-state index is 0.114. The lowest BCUT2D eigenvalue weighted by Gasteiger charge is -2.13. The maximum Gasteiger partial charge on any atom is 0.333 e. The Morgan fingerprint density at radius 1 is 0.800 bits per heavy atom. The molecule has 5 rings (SSSR count). The zero-order valence-electron chi connectivity index (χ0n) is 31.9.